The van der Waals surface area contributed by atoms with Crippen LogP contribution in [0.2, 0.25) is 0 Å². The van der Waals surface area contributed by atoms with Gasteiger partial charge in [0.05, 0.1) is 19.1 Å². The summed E-state index contributed by atoms with van der Waals surface area (Å²) in [7, 11) is 1.26. The lowest BCUT2D eigenvalue weighted by atomic mass is 10.2. The smallest absolute Gasteiger partial charge is 0.339 e. The number of ether oxygens (including phenoxy) is 1. The summed E-state index contributed by atoms with van der Waals surface area (Å²) in [5, 5.41) is 13.3. The first kappa shape index (κ1) is 16.0. The summed E-state index contributed by atoms with van der Waals surface area (Å²) in [6, 6.07) is 4.09. The SMILES string of the molecule is COC(=O)c1cc(NC(=O)NCCC(=O)O)ccc1Br. The molecule has 1 rings (SSSR count). The number of methoxy groups -OCH3 is 1. The molecule has 0 fully saturated rings. The Morgan fingerprint density at radius 2 is 2.05 bits per heavy atom. The van der Waals surface area contributed by atoms with Crippen molar-refractivity contribution in [3.8, 4) is 0 Å². The van der Waals surface area contributed by atoms with Gasteiger partial charge in [0, 0.05) is 16.7 Å². The Bertz CT molecular complexity index is 533. The molecule has 1 aromatic rings. The molecule has 0 radical (unpaired) electrons. The highest BCUT2D eigenvalue weighted by atomic mass is 79.9. The van der Waals surface area contributed by atoms with Gasteiger partial charge < -0.3 is 20.5 Å². The van der Waals surface area contributed by atoms with Gasteiger partial charge in [-0.25, -0.2) is 9.59 Å². The molecule has 1 aromatic carbocycles. The third-order valence-electron chi connectivity index (χ3n) is 2.25. The Morgan fingerprint density at radius 1 is 1.35 bits per heavy atom. The maximum atomic E-state index is 11.5. The van der Waals surface area contributed by atoms with E-state index in [4.69, 9.17) is 5.11 Å². The first-order valence-electron chi connectivity index (χ1n) is 5.58. The van der Waals surface area contributed by atoms with Crippen LogP contribution >= 0.6 is 15.9 Å². The van der Waals surface area contributed by atoms with Crippen LogP contribution in [0.1, 0.15) is 16.8 Å². The van der Waals surface area contributed by atoms with Gasteiger partial charge in [-0.3, -0.25) is 4.79 Å². The number of halogens is 1. The van der Waals surface area contributed by atoms with Crippen LogP contribution in [0.4, 0.5) is 10.5 Å². The molecule has 2 amide bonds. The van der Waals surface area contributed by atoms with Crippen LogP contribution in [-0.4, -0.2) is 36.7 Å². The van der Waals surface area contributed by atoms with Gasteiger partial charge in [-0.2, -0.15) is 0 Å². The Kier molecular flexibility index (Phi) is 5.98. The monoisotopic (exact) mass is 344 g/mol. The van der Waals surface area contributed by atoms with E-state index in [9.17, 15) is 14.4 Å². The van der Waals surface area contributed by atoms with Crippen LogP contribution in [0.25, 0.3) is 0 Å². The lowest BCUT2D eigenvalue weighted by Crippen LogP contribution is -2.30. The Hall–Kier alpha value is -2.09. The molecular weight excluding hydrogens is 332 g/mol. The third-order valence-corrected chi connectivity index (χ3v) is 2.95. The van der Waals surface area contributed by atoms with Crippen LogP contribution in [0, 0.1) is 0 Å². The number of carbonyl (C=O) groups excluding carboxylic acids is 2. The van der Waals surface area contributed by atoms with Crippen LogP contribution < -0.4 is 10.6 Å². The number of carboxylic acids is 1. The van der Waals surface area contributed by atoms with E-state index in [1.807, 2.05) is 0 Å². The van der Waals surface area contributed by atoms with Crippen molar-refractivity contribution in [3.05, 3.63) is 28.2 Å². The largest absolute Gasteiger partial charge is 0.481 e. The molecule has 0 aromatic heterocycles. The molecule has 0 spiro atoms. The molecule has 20 heavy (non-hydrogen) atoms. The minimum atomic E-state index is -0.998. The van der Waals surface area contributed by atoms with Crippen molar-refractivity contribution in [3.63, 3.8) is 0 Å². The standard InChI is InChI=1S/C12H13BrN2O5/c1-20-11(18)8-6-7(2-3-9(8)13)15-12(19)14-5-4-10(16)17/h2-3,6H,4-5H2,1H3,(H,16,17)(H2,14,15,19). The molecular formula is C12H13BrN2O5. The van der Waals surface area contributed by atoms with E-state index >= 15 is 0 Å². The number of carboxylic acid groups (broad SMARTS) is 1. The predicted octanol–water partition coefficient (Wildman–Crippen LogP) is 1.83. The number of carbonyl (C=O) groups is 3. The first-order chi connectivity index (χ1) is 9.43. The van der Waals surface area contributed by atoms with Crippen molar-refractivity contribution in [1.82, 2.24) is 5.32 Å². The van der Waals surface area contributed by atoms with Crippen LogP contribution in [0.15, 0.2) is 22.7 Å². The number of rotatable bonds is 5. The summed E-state index contributed by atoms with van der Waals surface area (Å²) < 4.78 is 5.15. The Morgan fingerprint density at radius 3 is 2.65 bits per heavy atom. The van der Waals surface area contributed by atoms with Crippen LogP contribution in [-0.2, 0) is 9.53 Å². The lowest BCUT2D eigenvalue weighted by molar-refractivity contribution is -0.136. The van der Waals surface area contributed by atoms with Gasteiger partial charge in [0.1, 0.15) is 0 Å². The summed E-state index contributed by atoms with van der Waals surface area (Å²) in [6.45, 7) is 0.0154. The molecule has 8 heteroatoms. The number of aliphatic carboxylic acids is 1. The highest BCUT2D eigenvalue weighted by molar-refractivity contribution is 9.10. The van der Waals surface area contributed by atoms with Gasteiger partial charge in [-0.15, -0.1) is 0 Å². The van der Waals surface area contributed by atoms with E-state index < -0.39 is 18.0 Å². The van der Waals surface area contributed by atoms with Gasteiger partial charge in [-0.1, -0.05) is 0 Å². The average Bonchev–Trinajstić information content (AvgIpc) is 2.39. The fourth-order valence-electron chi connectivity index (χ4n) is 1.33. The number of amides is 2. The van der Waals surface area contributed by atoms with E-state index in [1.165, 1.54) is 13.2 Å². The second-order valence-electron chi connectivity index (χ2n) is 3.71. The Labute approximate surface area is 123 Å². The molecule has 0 heterocycles. The molecule has 108 valence electrons. The van der Waals surface area contributed by atoms with Crippen molar-refractivity contribution in [2.75, 3.05) is 19.0 Å². The summed E-state index contributed by atoms with van der Waals surface area (Å²) in [5.41, 5.74) is 0.664. The molecule has 0 atom stereocenters. The number of hydrogen-bond donors (Lipinski definition) is 3. The zero-order chi connectivity index (χ0) is 15.1. The van der Waals surface area contributed by atoms with Crippen molar-refractivity contribution < 1.29 is 24.2 Å². The van der Waals surface area contributed by atoms with Crippen molar-refractivity contribution in [2.24, 2.45) is 0 Å². The molecule has 3 N–H and O–H groups in total. The number of anilines is 1. The number of esters is 1. The topological polar surface area (TPSA) is 105 Å². The number of hydrogen-bond acceptors (Lipinski definition) is 4. The summed E-state index contributed by atoms with van der Waals surface area (Å²) in [5.74, 6) is -1.53. The minimum absolute atomic E-state index is 0.0154. The molecule has 0 aliphatic rings. The highest BCUT2D eigenvalue weighted by Gasteiger charge is 2.12. The Balaban J connectivity index is 2.66. The van der Waals surface area contributed by atoms with Crippen molar-refractivity contribution in [1.29, 1.82) is 0 Å². The first-order valence-corrected chi connectivity index (χ1v) is 6.38. The molecule has 0 saturated carbocycles. The number of urea groups is 1. The number of benzene rings is 1. The summed E-state index contributed by atoms with van der Waals surface area (Å²) in [6.07, 6.45) is -0.166. The molecule has 0 bridgehead atoms. The molecule has 7 nitrogen and oxygen atoms in total. The minimum Gasteiger partial charge on any atom is -0.481 e. The zero-order valence-corrected chi connectivity index (χ0v) is 12.2. The lowest BCUT2D eigenvalue weighted by Gasteiger charge is -2.09. The fraction of sp³-hybridized carbons (Fsp3) is 0.250. The molecule has 0 unspecified atom stereocenters. The predicted molar refractivity (Wildman–Crippen MR) is 74.8 cm³/mol. The average molecular weight is 345 g/mol. The molecule has 0 aliphatic carbocycles. The van der Waals surface area contributed by atoms with E-state index in [0.29, 0.717) is 10.2 Å². The number of nitrogens with one attached hydrogen (secondary N) is 2. The van der Waals surface area contributed by atoms with Gasteiger partial charge >= 0.3 is 18.0 Å². The van der Waals surface area contributed by atoms with Crippen molar-refractivity contribution >= 4 is 39.6 Å². The van der Waals surface area contributed by atoms with Gasteiger partial charge in [0.2, 0.25) is 0 Å². The van der Waals surface area contributed by atoms with E-state index in [2.05, 4.69) is 31.3 Å². The fourth-order valence-corrected chi connectivity index (χ4v) is 1.74. The third kappa shape index (κ3) is 4.88. The maximum absolute atomic E-state index is 11.5. The van der Waals surface area contributed by atoms with E-state index in [0.717, 1.165) is 0 Å². The second kappa shape index (κ2) is 7.49. The van der Waals surface area contributed by atoms with Crippen molar-refractivity contribution in [2.45, 2.75) is 6.42 Å². The van der Waals surface area contributed by atoms with Crippen LogP contribution in [0.5, 0.6) is 0 Å². The molecule has 0 aliphatic heterocycles. The van der Waals surface area contributed by atoms with Crippen LogP contribution in [0.3, 0.4) is 0 Å². The highest BCUT2D eigenvalue weighted by Crippen LogP contribution is 2.21. The summed E-state index contributed by atoms with van der Waals surface area (Å²) in [4.78, 5) is 33.3. The normalized spacial score (nSPS) is 9.70. The quantitative estimate of drug-likeness (QED) is 0.706. The van der Waals surface area contributed by atoms with E-state index in [1.54, 1.807) is 12.1 Å². The second-order valence-corrected chi connectivity index (χ2v) is 4.57. The van der Waals surface area contributed by atoms with E-state index in [-0.39, 0.29) is 18.5 Å². The molecule has 0 saturated heterocycles. The zero-order valence-electron chi connectivity index (χ0n) is 10.6. The van der Waals surface area contributed by atoms with Gasteiger partial charge in [-0.05, 0) is 34.1 Å². The van der Waals surface area contributed by atoms with Gasteiger partial charge in [0.25, 0.3) is 0 Å². The van der Waals surface area contributed by atoms with Gasteiger partial charge in [0.15, 0.2) is 0 Å². The maximum Gasteiger partial charge on any atom is 0.339 e. The summed E-state index contributed by atoms with van der Waals surface area (Å²) >= 11 is 3.20.